The van der Waals surface area contributed by atoms with Crippen LogP contribution in [0.1, 0.15) is 25.0 Å². The molecule has 0 heterocycles. The average molecular weight is 699 g/mol. The van der Waals surface area contributed by atoms with Crippen molar-refractivity contribution >= 4 is 43.1 Å². The van der Waals surface area contributed by atoms with Crippen LogP contribution in [-0.4, -0.2) is 0 Å². The molecule has 11 rings (SSSR count). The van der Waals surface area contributed by atoms with Gasteiger partial charge in [0.25, 0.3) is 0 Å². The van der Waals surface area contributed by atoms with Crippen molar-refractivity contribution in [1.82, 2.24) is 0 Å². The first-order chi connectivity index (χ1) is 27.0. The highest BCUT2D eigenvalue weighted by Crippen LogP contribution is 2.53. The molecule has 0 atom stereocenters. The van der Waals surface area contributed by atoms with Gasteiger partial charge in [-0.15, -0.1) is 0 Å². The van der Waals surface area contributed by atoms with E-state index in [0.29, 0.717) is 0 Å². The fourth-order valence-electron chi connectivity index (χ4n) is 9.57. The van der Waals surface area contributed by atoms with Gasteiger partial charge in [-0.1, -0.05) is 190 Å². The van der Waals surface area contributed by atoms with Crippen molar-refractivity contribution < 1.29 is 0 Å². The van der Waals surface area contributed by atoms with Crippen LogP contribution in [0.15, 0.2) is 194 Å². The Labute approximate surface area is 322 Å². The zero-order valence-corrected chi connectivity index (χ0v) is 31.0. The van der Waals surface area contributed by atoms with Crippen LogP contribution in [0, 0.1) is 0 Å². The van der Waals surface area contributed by atoms with E-state index in [1.807, 2.05) is 0 Å². The van der Waals surface area contributed by atoms with Gasteiger partial charge >= 0.3 is 0 Å². The van der Waals surface area contributed by atoms with E-state index in [1.165, 1.54) is 110 Å². The van der Waals surface area contributed by atoms with E-state index >= 15 is 0 Å². The third-order valence-electron chi connectivity index (χ3n) is 12.2. The fourth-order valence-corrected chi connectivity index (χ4v) is 9.57. The molecule has 0 aliphatic heterocycles. The van der Waals surface area contributed by atoms with Gasteiger partial charge in [-0.3, -0.25) is 0 Å². The SMILES string of the molecule is CC1(C)c2ccccc2-c2ccc(-c3c4ccccc4c(-c4c(-c5ccccc5)ccc5ccccc45)c4ccc(-c5ccc6ccccc6c5)cc34)cc21. The highest BCUT2D eigenvalue weighted by Gasteiger charge is 2.35. The van der Waals surface area contributed by atoms with Crippen LogP contribution in [0.5, 0.6) is 0 Å². The molecule has 10 aromatic rings. The molecule has 0 bridgehead atoms. The molecule has 0 saturated heterocycles. The molecular formula is C55H38. The van der Waals surface area contributed by atoms with Crippen molar-refractivity contribution in [3.63, 3.8) is 0 Å². The Bertz CT molecular complexity index is 3160. The molecule has 0 spiro atoms. The predicted molar refractivity (Wildman–Crippen MR) is 236 cm³/mol. The van der Waals surface area contributed by atoms with Crippen molar-refractivity contribution in [2.75, 3.05) is 0 Å². The maximum atomic E-state index is 2.49. The molecule has 0 heteroatoms. The van der Waals surface area contributed by atoms with Crippen LogP contribution in [0.2, 0.25) is 0 Å². The van der Waals surface area contributed by atoms with E-state index in [-0.39, 0.29) is 5.41 Å². The zero-order chi connectivity index (χ0) is 36.7. The Morgan fingerprint density at radius 3 is 1.67 bits per heavy atom. The van der Waals surface area contributed by atoms with Gasteiger partial charge in [-0.25, -0.2) is 0 Å². The summed E-state index contributed by atoms with van der Waals surface area (Å²) in [5.74, 6) is 0. The summed E-state index contributed by atoms with van der Waals surface area (Å²) in [6.45, 7) is 4.76. The molecule has 1 aliphatic carbocycles. The molecule has 0 unspecified atom stereocenters. The summed E-state index contributed by atoms with van der Waals surface area (Å²) < 4.78 is 0. The maximum absolute atomic E-state index is 2.49. The summed E-state index contributed by atoms with van der Waals surface area (Å²) in [6.07, 6.45) is 0. The minimum absolute atomic E-state index is 0.0999. The molecule has 1 aliphatic rings. The molecule has 0 aromatic heterocycles. The predicted octanol–water partition coefficient (Wildman–Crippen LogP) is 15.3. The number of hydrogen-bond acceptors (Lipinski definition) is 0. The number of benzene rings is 10. The molecule has 10 aromatic carbocycles. The lowest BCUT2D eigenvalue weighted by atomic mass is 9.79. The third kappa shape index (κ3) is 4.85. The van der Waals surface area contributed by atoms with Gasteiger partial charge in [0.1, 0.15) is 0 Å². The van der Waals surface area contributed by atoms with Gasteiger partial charge in [-0.2, -0.15) is 0 Å². The number of hydrogen-bond donors (Lipinski definition) is 0. The van der Waals surface area contributed by atoms with Crippen LogP contribution in [0.25, 0.3) is 98.7 Å². The van der Waals surface area contributed by atoms with Gasteiger partial charge < -0.3 is 0 Å². The zero-order valence-electron chi connectivity index (χ0n) is 31.0. The summed E-state index contributed by atoms with van der Waals surface area (Å²) in [7, 11) is 0. The quantitative estimate of drug-likeness (QED) is 0.161. The first-order valence-electron chi connectivity index (χ1n) is 19.3. The van der Waals surface area contributed by atoms with Crippen LogP contribution >= 0.6 is 0 Å². The Hall–Kier alpha value is -6.76. The van der Waals surface area contributed by atoms with Gasteiger partial charge in [0.05, 0.1) is 0 Å². The van der Waals surface area contributed by atoms with Crippen molar-refractivity contribution in [1.29, 1.82) is 0 Å². The molecule has 0 amide bonds. The van der Waals surface area contributed by atoms with Crippen molar-refractivity contribution in [3.05, 3.63) is 205 Å². The van der Waals surface area contributed by atoms with E-state index < -0.39 is 0 Å². The molecule has 0 saturated carbocycles. The molecule has 0 fully saturated rings. The van der Waals surface area contributed by atoms with E-state index in [2.05, 4.69) is 208 Å². The van der Waals surface area contributed by atoms with Crippen molar-refractivity contribution in [2.24, 2.45) is 0 Å². The fraction of sp³-hybridized carbons (Fsp3) is 0.0545. The average Bonchev–Trinajstić information content (AvgIpc) is 3.47. The second-order valence-corrected chi connectivity index (χ2v) is 15.6. The topological polar surface area (TPSA) is 0 Å². The maximum Gasteiger partial charge on any atom is 0.0159 e. The minimum Gasteiger partial charge on any atom is -0.0622 e. The first-order valence-corrected chi connectivity index (χ1v) is 19.3. The minimum atomic E-state index is -0.0999. The van der Waals surface area contributed by atoms with E-state index in [4.69, 9.17) is 0 Å². The lowest BCUT2D eigenvalue weighted by Crippen LogP contribution is -2.14. The van der Waals surface area contributed by atoms with Crippen LogP contribution in [-0.2, 0) is 5.41 Å². The van der Waals surface area contributed by atoms with Crippen molar-refractivity contribution in [2.45, 2.75) is 19.3 Å². The van der Waals surface area contributed by atoms with E-state index in [1.54, 1.807) is 0 Å². The molecule has 0 radical (unpaired) electrons. The largest absolute Gasteiger partial charge is 0.0622 e. The Kier molecular flexibility index (Phi) is 7.00. The molecule has 0 N–H and O–H groups in total. The summed E-state index contributed by atoms with van der Waals surface area (Å²) in [5.41, 5.74) is 15.4. The Balaban J connectivity index is 1.27. The third-order valence-corrected chi connectivity index (χ3v) is 12.2. The molecular weight excluding hydrogens is 661 g/mol. The van der Waals surface area contributed by atoms with Gasteiger partial charge in [-0.05, 0) is 128 Å². The highest BCUT2D eigenvalue weighted by atomic mass is 14.4. The molecule has 258 valence electrons. The summed E-state index contributed by atoms with van der Waals surface area (Å²) in [5, 5.41) is 10.1. The van der Waals surface area contributed by atoms with Gasteiger partial charge in [0.15, 0.2) is 0 Å². The van der Waals surface area contributed by atoms with Crippen LogP contribution in [0.3, 0.4) is 0 Å². The Morgan fingerprint density at radius 1 is 0.273 bits per heavy atom. The van der Waals surface area contributed by atoms with E-state index in [9.17, 15) is 0 Å². The number of fused-ring (bicyclic) bond motifs is 7. The summed E-state index contributed by atoms with van der Waals surface area (Å²) in [6, 6.07) is 72.4. The van der Waals surface area contributed by atoms with Crippen molar-refractivity contribution in [3.8, 4) is 55.6 Å². The highest BCUT2D eigenvalue weighted by molar-refractivity contribution is 6.25. The molecule has 0 nitrogen and oxygen atoms in total. The number of rotatable bonds is 4. The van der Waals surface area contributed by atoms with Gasteiger partial charge in [0.2, 0.25) is 0 Å². The smallest absolute Gasteiger partial charge is 0.0159 e. The van der Waals surface area contributed by atoms with Gasteiger partial charge in [0, 0.05) is 5.41 Å². The van der Waals surface area contributed by atoms with E-state index in [0.717, 1.165) is 0 Å². The second-order valence-electron chi connectivity index (χ2n) is 15.6. The normalized spacial score (nSPS) is 13.1. The molecule has 55 heavy (non-hydrogen) atoms. The van der Waals surface area contributed by atoms with Crippen LogP contribution in [0.4, 0.5) is 0 Å². The standard InChI is InChI=1S/C55H38/c1-55(2)50-23-13-12-20-44(50)45-30-28-41(34-51(45)55)52-46-21-10-11-22-47(46)54(53-42-19-9-8-17-37(42)26-29-43(53)36-15-4-3-5-16-36)48-31-27-40(33-49(48)52)39-25-24-35-14-6-7-18-38(35)32-39/h3-34H,1-2H3. The summed E-state index contributed by atoms with van der Waals surface area (Å²) in [4.78, 5) is 0. The second kappa shape index (κ2) is 12.1. The van der Waals surface area contributed by atoms with Crippen LogP contribution < -0.4 is 0 Å². The lowest BCUT2D eigenvalue weighted by Gasteiger charge is -2.24. The first kappa shape index (κ1) is 31.7. The monoisotopic (exact) mass is 698 g/mol. The summed E-state index contributed by atoms with van der Waals surface area (Å²) >= 11 is 0. The lowest BCUT2D eigenvalue weighted by molar-refractivity contribution is 0.660. The Morgan fingerprint density at radius 2 is 0.836 bits per heavy atom.